The Morgan fingerprint density at radius 2 is 1.65 bits per heavy atom. The second-order valence-electron chi connectivity index (χ2n) is 7.11. The molecule has 0 spiro atoms. The molecular formula is C22H21N3O6. The molecule has 1 aliphatic rings. The number of amides is 5. The second kappa shape index (κ2) is 8.39. The number of carbonyl (C=O) groups excluding carboxylic acids is 5. The van der Waals surface area contributed by atoms with E-state index in [4.69, 9.17) is 4.74 Å². The number of rotatable bonds is 4. The van der Waals surface area contributed by atoms with Gasteiger partial charge in [-0.15, -0.1) is 0 Å². The number of esters is 1. The van der Waals surface area contributed by atoms with Gasteiger partial charge >= 0.3 is 12.0 Å². The molecule has 2 N–H and O–H groups in total. The number of ether oxygens (including phenoxy) is 1. The largest absolute Gasteiger partial charge is 0.449 e. The number of carbonyl (C=O) groups is 5. The van der Waals surface area contributed by atoms with Crippen molar-refractivity contribution in [2.45, 2.75) is 26.9 Å². The van der Waals surface area contributed by atoms with Gasteiger partial charge < -0.3 is 10.1 Å². The van der Waals surface area contributed by atoms with Crippen LogP contribution in [0.2, 0.25) is 0 Å². The molecule has 2 aromatic carbocycles. The summed E-state index contributed by atoms with van der Waals surface area (Å²) in [7, 11) is 1.34. The summed E-state index contributed by atoms with van der Waals surface area (Å²) >= 11 is 0. The summed E-state index contributed by atoms with van der Waals surface area (Å²) < 4.78 is 5.07. The van der Waals surface area contributed by atoms with E-state index in [-0.39, 0.29) is 16.7 Å². The Kier molecular flexibility index (Phi) is 5.87. The first kappa shape index (κ1) is 21.7. The van der Waals surface area contributed by atoms with Crippen molar-refractivity contribution in [3.8, 4) is 0 Å². The van der Waals surface area contributed by atoms with Gasteiger partial charge in [-0.2, -0.15) is 0 Å². The topological polar surface area (TPSA) is 122 Å². The number of urea groups is 1. The lowest BCUT2D eigenvalue weighted by molar-refractivity contribution is -0.127. The number of nitrogens with one attached hydrogen (secondary N) is 2. The zero-order chi connectivity index (χ0) is 22.9. The molecule has 31 heavy (non-hydrogen) atoms. The van der Waals surface area contributed by atoms with E-state index in [0.29, 0.717) is 5.69 Å². The zero-order valence-corrected chi connectivity index (χ0v) is 17.4. The Balaban J connectivity index is 1.83. The first-order valence-electron chi connectivity index (χ1n) is 9.47. The van der Waals surface area contributed by atoms with Crippen molar-refractivity contribution >= 4 is 35.4 Å². The molecule has 0 saturated heterocycles. The maximum atomic E-state index is 13.0. The molecule has 2 aromatic rings. The molecule has 1 heterocycles. The third kappa shape index (κ3) is 4.16. The highest BCUT2D eigenvalue weighted by Gasteiger charge is 2.38. The van der Waals surface area contributed by atoms with Crippen molar-refractivity contribution in [3.63, 3.8) is 0 Å². The van der Waals surface area contributed by atoms with E-state index in [1.54, 1.807) is 13.0 Å². The summed E-state index contributed by atoms with van der Waals surface area (Å²) in [5.41, 5.74) is 2.38. The number of hydrogen-bond acceptors (Lipinski definition) is 6. The SMILES string of the molecule is CNC(=O)NC(=O)C(C)OC(=O)c1ccc2c(c1)C(=O)N(c1cc(C)ccc1C)C2=O. The highest BCUT2D eigenvalue weighted by Crippen LogP contribution is 2.31. The predicted octanol–water partition coefficient (Wildman–Crippen LogP) is 2.10. The van der Waals surface area contributed by atoms with Crippen LogP contribution in [0.15, 0.2) is 36.4 Å². The molecule has 3 rings (SSSR count). The van der Waals surface area contributed by atoms with Crippen LogP contribution < -0.4 is 15.5 Å². The van der Waals surface area contributed by atoms with Gasteiger partial charge in [0.1, 0.15) is 0 Å². The highest BCUT2D eigenvalue weighted by atomic mass is 16.5. The smallest absolute Gasteiger partial charge is 0.338 e. The summed E-state index contributed by atoms with van der Waals surface area (Å²) in [6.07, 6.45) is -1.25. The van der Waals surface area contributed by atoms with Crippen LogP contribution in [0.3, 0.4) is 0 Å². The minimum absolute atomic E-state index is 0.00214. The van der Waals surface area contributed by atoms with Gasteiger partial charge in [-0.25, -0.2) is 14.5 Å². The van der Waals surface area contributed by atoms with Crippen LogP contribution in [0, 0.1) is 13.8 Å². The number of benzene rings is 2. The van der Waals surface area contributed by atoms with Crippen LogP contribution in [0.4, 0.5) is 10.5 Å². The lowest BCUT2D eigenvalue weighted by Gasteiger charge is -2.17. The Labute approximate surface area is 178 Å². The fraction of sp³-hybridized carbons (Fsp3) is 0.227. The number of aryl methyl sites for hydroxylation is 2. The first-order valence-corrected chi connectivity index (χ1v) is 9.47. The molecule has 1 unspecified atom stereocenters. The van der Waals surface area contributed by atoms with Gasteiger partial charge in [-0.1, -0.05) is 12.1 Å². The molecule has 0 bridgehead atoms. The van der Waals surface area contributed by atoms with E-state index < -0.39 is 35.8 Å². The summed E-state index contributed by atoms with van der Waals surface area (Å²) in [5, 5.41) is 4.22. The molecule has 5 amide bonds. The number of nitrogens with zero attached hydrogens (tertiary/aromatic N) is 1. The van der Waals surface area contributed by atoms with Gasteiger partial charge in [-0.3, -0.25) is 19.7 Å². The van der Waals surface area contributed by atoms with Gasteiger partial charge in [0, 0.05) is 7.05 Å². The Bertz CT molecular complexity index is 1120. The normalized spacial score (nSPS) is 13.5. The van der Waals surface area contributed by atoms with E-state index in [9.17, 15) is 24.0 Å². The number of anilines is 1. The highest BCUT2D eigenvalue weighted by molar-refractivity contribution is 6.35. The zero-order valence-electron chi connectivity index (χ0n) is 17.4. The summed E-state index contributed by atoms with van der Waals surface area (Å²) in [5.74, 6) is -2.70. The van der Waals surface area contributed by atoms with E-state index >= 15 is 0 Å². The first-order chi connectivity index (χ1) is 14.6. The van der Waals surface area contributed by atoms with Crippen LogP contribution in [0.25, 0.3) is 0 Å². The molecule has 0 fully saturated rings. The molecule has 160 valence electrons. The van der Waals surface area contributed by atoms with Crippen molar-refractivity contribution in [1.82, 2.24) is 10.6 Å². The Hall–Kier alpha value is -4.01. The molecular weight excluding hydrogens is 402 g/mol. The Morgan fingerprint density at radius 3 is 2.32 bits per heavy atom. The van der Waals surface area contributed by atoms with Gasteiger partial charge in [0.15, 0.2) is 6.10 Å². The molecule has 1 aliphatic heterocycles. The average molecular weight is 423 g/mol. The predicted molar refractivity (Wildman–Crippen MR) is 111 cm³/mol. The summed E-state index contributed by atoms with van der Waals surface area (Å²) in [6, 6.07) is 8.72. The van der Waals surface area contributed by atoms with E-state index in [0.717, 1.165) is 16.0 Å². The monoisotopic (exact) mass is 423 g/mol. The number of imide groups is 2. The van der Waals surface area contributed by atoms with Gasteiger partial charge in [0.05, 0.1) is 22.4 Å². The molecule has 0 aliphatic carbocycles. The fourth-order valence-electron chi connectivity index (χ4n) is 3.11. The summed E-state index contributed by atoms with van der Waals surface area (Å²) in [6.45, 7) is 4.96. The quantitative estimate of drug-likeness (QED) is 0.574. The minimum Gasteiger partial charge on any atom is -0.449 e. The van der Waals surface area contributed by atoms with E-state index in [1.807, 2.05) is 24.4 Å². The van der Waals surface area contributed by atoms with E-state index in [2.05, 4.69) is 5.32 Å². The Morgan fingerprint density at radius 1 is 0.968 bits per heavy atom. The molecule has 9 heteroatoms. The molecule has 9 nitrogen and oxygen atoms in total. The number of hydrogen-bond donors (Lipinski definition) is 2. The van der Waals surface area contributed by atoms with Crippen molar-refractivity contribution in [2.24, 2.45) is 0 Å². The van der Waals surface area contributed by atoms with Crippen LogP contribution in [0.5, 0.6) is 0 Å². The maximum Gasteiger partial charge on any atom is 0.338 e. The van der Waals surface area contributed by atoms with Crippen molar-refractivity contribution in [3.05, 3.63) is 64.2 Å². The third-order valence-electron chi connectivity index (χ3n) is 4.84. The van der Waals surface area contributed by atoms with Crippen LogP contribution >= 0.6 is 0 Å². The maximum absolute atomic E-state index is 13.0. The fourth-order valence-corrected chi connectivity index (χ4v) is 3.11. The third-order valence-corrected chi connectivity index (χ3v) is 4.84. The minimum atomic E-state index is -1.25. The lowest BCUT2D eigenvalue weighted by atomic mass is 10.1. The molecule has 0 aromatic heterocycles. The number of fused-ring (bicyclic) bond motifs is 1. The summed E-state index contributed by atoms with van der Waals surface area (Å²) in [4.78, 5) is 62.4. The van der Waals surface area contributed by atoms with E-state index in [1.165, 1.54) is 32.2 Å². The van der Waals surface area contributed by atoms with Crippen molar-refractivity contribution < 1.29 is 28.7 Å². The average Bonchev–Trinajstić information content (AvgIpc) is 2.99. The van der Waals surface area contributed by atoms with Gasteiger partial charge in [-0.05, 0) is 56.2 Å². The van der Waals surface area contributed by atoms with Gasteiger partial charge in [0.2, 0.25) is 0 Å². The van der Waals surface area contributed by atoms with Crippen LogP contribution in [-0.4, -0.2) is 42.9 Å². The molecule has 1 atom stereocenters. The van der Waals surface area contributed by atoms with Crippen molar-refractivity contribution in [1.29, 1.82) is 0 Å². The van der Waals surface area contributed by atoms with Crippen LogP contribution in [0.1, 0.15) is 49.1 Å². The molecule has 0 saturated carbocycles. The standard InChI is InChI=1S/C22H21N3O6/c1-11-5-6-12(2)17(9-11)25-19(27)15-8-7-14(10-16(15)20(25)28)21(29)31-13(3)18(26)24-22(30)23-4/h5-10,13H,1-4H3,(H2,23,24,26,30). The second-order valence-corrected chi connectivity index (χ2v) is 7.11. The van der Waals surface area contributed by atoms with Crippen molar-refractivity contribution in [2.75, 3.05) is 11.9 Å². The van der Waals surface area contributed by atoms with Gasteiger partial charge in [0.25, 0.3) is 17.7 Å². The van der Waals surface area contributed by atoms with Crippen LogP contribution in [-0.2, 0) is 9.53 Å². The molecule has 0 radical (unpaired) electrons. The lowest BCUT2D eigenvalue weighted by Crippen LogP contribution is -2.43.